The fraction of sp³-hybridized carbons (Fsp3) is 0.455. The highest BCUT2D eigenvalue weighted by Gasteiger charge is 2.34. The van der Waals surface area contributed by atoms with Gasteiger partial charge in [-0.2, -0.15) is 13.2 Å². The highest BCUT2D eigenvalue weighted by atomic mass is 31.1. The van der Waals surface area contributed by atoms with Crippen molar-refractivity contribution < 1.29 is 18.3 Å². The maximum absolute atomic E-state index is 13.5. The Morgan fingerprint density at radius 1 is 0.852 bits per heavy atom. The molecular formula is C22H28F3OP. The summed E-state index contributed by atoms with van der Waals surface area (Å²) in [5, 5.41) is 11.7. The summed E-state index contributed by atoms with van der Waals surface area (Å²) in [5.41, 5.74) is 1.24. The summed E-state index contributed by atoms with van der Waals surface area (Å²) < 4.78 is 40.5. The molecule has 148 valence electrons. The first-order valence-corrected chi connectivity index (χ1v) is 9.94. The van der Waals surface area contributed by atoms with Crippen LogP contribution in [0.1, 0.15) is 63.8 Å². The van der Waals surface area contributed by atoms with Crippen LogP contribution in [0.3, 0.4) is 0 Å². The van der Waals surface area contributed by atoms with Crippen LogP contribution in [-0.4, -0.2) is 5.11 Å². The zero-order valence-electron chi connectivity index (χ0n) is 17.0. The van der Waals surface area contributed by atoms with Gasteiger partial charge in [-0.15, -0.1) is 0 Å². The Kier molecular flexibility index (Phi) is 5.74. The minimum atomic E-state index is -4.42. The van der Waals surface area contributed by atoms with Gasteiger partial charge in [-0.05, 0) is 46.3 Å². The topological polar surface area (TPSA) is 20.2 Å². The van der Waals surface area contributed by atoms with Crippen molar-refractivity contribution in [1.29, 1.82) is 0 Å². The maximum atomic E-state index is 13.5. The predicted molar refractivity (Wildman–Crippen MR) is 109 cm³/mol. The molecule has 2 rings (SSSR count). The van der Waals surface area contributed by atoms with E-state index in [1.54, 1.807) is 13.0 Å². The van der Waals surface area contributed by atoms with Gasteiger partial charge < -0.3 is 5.11 Å². The van der Waals surface area contributed by atoms with E-state index in [2.05, 4.69) is 20.8 Å². The largest absolute Gasteiger partial charge is 0.507 e. The van der Waals surface area contributed by atoms with Crippen LogP contribution in [0.15, 0.2) is 30.3 Å². The van der Waals surface area contributed by atoms with Gasteiger partial charge in [0.2, 0.25) is 0 Å². The lowest BCUT2D eigenvalue weighted by Gasteiger charge is -2.28. The number of hydrogen-bond donors (Lipinski definition) is 1. The van der Waals surface area contributed by atoms with E-state index in [9.17, 15) is 18.3 Å². The molecule has 27 heavy (non-hydrogen) atoms. The molecule has 2 aromatic carbocycles. The third kappa shape index (κ3) is 4.85. The maximum Gasteiger partial charge on any atom is 0.417 e. The molecule has 5 heteroatoms. The number of rotatable bonds is 2. The number of aryl methyl sites for hydroxylation is 1. The molecular weight excluding hydrogens is 368 g/mol. The van der Waals surface area contributed by atoms with Crippen LogP contribution in [0.25, 0.3) is 0 Å². The molecule has 1 N–H and O–H groups in total. The van der Waals surface area contributed by atoms with Gasteiger partial charge in [-0.1, -0.05) is 68.3 Å². The Bertz CT molecular complexity index is 840. The van der Waals surface area contributed by atoms with Crippen LogP contribution >= 0.6 is 8.58 Å². The zero-order chi connectivity index (χ0) is 20.8. The lowest BCUT2D eigenvalue weighted by Crippen LogP contribution is -2.23. The minimum Gasteiger partial charge on any atom is -0.507 e. The second-order valence-electron chi connectivity index (χ2n) is 9.04. The van der Waals surface area contributed by atoms with E-state index >= 15 is 0 Å². The van der Waals surface area contributed by atoms with Gasteiger partial charge in [0.1, 0.15) is 5.75 Å². The van der Waals surface area contributed by atoms with E-state index in [1.807, 2.05) is 32.9 Å². The summed E-state index contributed by atoms with van der Waals surface area (Å²) in [5.74, 6) is 0.102. The van der Waals surface area contributed by atoms with E-state index in [0.29, 0.717) is 10.9 Å². The molecule has 0 aromatic heterocycles. The lowest BCUT2D eigenvalue weighted by molar-refractivity contribution is -0.136. The summed E-state index contributed by atoms with van der Waals surface area (Å²) >= 11 is 0. The summed E-state index contributed by atoms with van der Waals surface area (Å²) in [7, 11) is -0.272. The van der Waals surface area contributed by atoms with Crippen LogP contribution < -0.4 is 10.6 Å². The Morgan fingerprint density at radius 3 is 1.93 bits per heavy atom. The van der Waals surface area contributed by atoms with E-state index in [1.165, 1.54) is 6.07 Å². The first kappa shape index (κ1) is 21.8. The fourth-order valence-electron chi connectivity index (χ4n) is 2.94. The molecule has 0 radical (unpaired) electrons. The molecule has 1 nitrogen and oxygen atoms in total. The smallest absolute Gasteiger partial charge is 0.417 e. The van der Waals surface area contributed by atoms with Crippen molar-refractivity contribution in [2.45, 2.75) is 65.5 Å². The zero-order valence-corrected chi connectivity index (χ0v) is 18.0. The van der Waals surface area contributed by atoms with Crippen molar-refractivity contribution in [3.05, 3.63) is 52.6 Å². The highest BCUT2D eigenvalue weighted by Crippen LogP contribution is 2.38. The Hall–Kier alpha value is -1.54. The molecule has 0 fully saturated rings. The van der Waals surface area contributed by atoms with Gasteiger partial charge >= 0.3 is 6.18 Å². The van der Waals surface area contributed by atoms with Crippen LogP contribution in [0.2, 0.25) is 0 Å². The van der Waals surface area contributed by atoms with Crippen LogP contribution in [0.5, 0.6) is 5.75 Å². The molecule has 2 aromatic rings. The summed E-state index contributed by atoms with van der Waals surface area (Å²) in [6, 6.07) is 8.07. The van der Waals surface area contributed by atoms with Gasteiger partial charge in [-0.25, -0.2) is 0 Å². The van der Waals surface area contributed by atoms with Crippen molar-refractivity contribution in [2.24, 2.45) is 0 Å². The number of phenols is 1. The Morgan fingerprint density at radius 2 is 1.44 bits per heavy atom. The van der Waals surface area contributed by atoms with Gasteiger partial charge in [0.15, 0.2) is 0 Å². The number of phenolic OH excluding ortho intramolecular Hbond substituents is 1. The molecule has 0 heterocycles. The van der Waals surface area contributed by atoms with Crippen LogP contribution in [-0.2, 0) is 17.0 Å². The van der Waals surface area contributed by atoms with Gasteiger partial charge in [0, 0.05) is 10.9 Å². The molecule has 1 atom stereocenters. The van der Waals surface area contributed by atoms with Crippen molar-refractivity contribution in [2.75, 3.05) is 0 Å². The molecule has 0 aliphatic heterocycles. The number of hydrogen-bond acceptors (Lipinski definition) is 1. The van der Waals surface area contributed by atoms with Crippen molar-refractivity contribution in [3.63, 3.8) is 0 Å². The average molecular weight is 396 g/mol. The van der Waals surface area contributed by atoms with E-state index < -0.39 is 11.7 Å². The molecule has 1 unspecified atom stereocenters. The Balaban J connectivity index is 2.71. The third-order valence-corrected chi connectivity index (χ3v) is 6.19. The van der Waals surface area contributed by atoms with E-state index in [-0.39, 0.29) is 30.5 Å². The average Bonchev–Trinajstić information content (AvgIpc) is 2.47. The first-order chi connectivity index (χ1) is 12.1. The van der Waals surface area contributed by atoms with E-state index in [4.69, 9.17) is 0 Å². The number of alkyl halides is 3. The number of aromatic hydroxyl groups is 1. The second-order valence-corrected chi connectivity index (χ2v) is 10.3. The first-order valence-electron chi connectivity index (χ1n) is 8.94. The Labute approximate surface area is 161 Å². The standard InChI is InChI=1S/C22H28F3OP/c1-13-9-8-10-15(22(23,24)25)19(13)27-17-12-14(20(2,3)4)11-16(18(17)26)21(5,6)7/h8-12,26-27H,1-7H3. The second kappa shape index (κ2) is 7.13. The quantitative estimate of drug-likeness (QED) is 0.623. The molecule has 0 saturated heterocycles. The van der Waals surface area contributed by atoms with Crippen molar-refractivity contribution in [3.8, 4) is 5.75 Å². The molecule has 0 saturated carbocycles. The normalized spacial score (nSPS) is 13.6. The number of benzene rings is 2. The third-order valence-electron chi connectivity index (χ3n) is 4.62. The number of halogens is 3. The van der Waals surface area contributed by atoms with Gasteiger partial charge in [-0.3, -0.25) is 0 Å². The summed E-state index contributed by atoms with van der Waals surface area (Å²) in [6.07, 6.45) is -4.42. The van der Waals surface area contributed by atoms with Crippen molar-refractivity contribution >= 4 is 19.2 Å². The highest BCUT2D eigenvalue weighted by molar-refractivity contribution is 7.56. The lowest BCUT2D eigenvalue weighted by atomic mass is 9.80. The molecule has 0 bridgehead atoms. The molecule has 0 aliphatic carbocycles. The van der Waals surface area contributed by atoms with Crippen molar-refractivity contribution in [1.82, 2.24) is 0 Å². The monoisotopic (exact) mass is 396 g/mol. The van der Waals surface area contributed by atoms with Crippen LogP contribution in [0.4, 0.5) is 13.2 Å². The van der Waals surface area contributed by atoms with Gasteiger partial charge in [0.25, 0.3) is 0 Å². The van der Waals surface area contributed by atoms with E-state index in [0.717, 1.165) is 17.2 Å². The summed E-state index contributed by atoms with van der Waals surface area (Å²) in [4.78, 5) is 0. The fourth-order valence-corrected chi connectivity index (χ4v) is 4.33. The van der Waals surface area contributed by atoms with Gasteiger partial charge in [0.05, 0.1) is 5.56 Å². The minimum absolute atomic E-state index is 0.102. The molecule has 0 amide bonds. The molecule has 0 spiro atoms. The SMILES string of the molecule is Cc1cccc(C(F)(F)F)c1Pc1cc(C(C)(C)C)cc(C(C)(C)C)c1O. The molecule has 0 aliphatic rings. The summed E-state index contributed by atoms with van der Waals surface area (Å²) in [6.45, 7) is 13.9. The van der Waals surface area contributed by atoms with Crippen LogP contribution in [0, 0.1) is 6.92 Å². The predicted octanol–water partition coefficient (Wildman–Crippen LogP) is 5.94.